The molecule has 4 rings (SSSR count). The highest BCUT2D eigenvalue weighted by molar-refractivity contribution is 7.93. The fourth-order valence-corrected chi connectivity index (χ4v) is 5.44. The van der Waals surface area contributed by atoms with Gasteiger partial charge in [0, 0.05) is 27.7 Å². The highest BCUT2D eigenvalue weighted by atomic mass is 35.5. The van der Waals surface area contributed by atoms with E-state index in [-0.39, 0.29) is 10.0 Å². The molecule has 6 nitrogen and oxygen atoms in total. The third kappa shape index (κ3) is 3.79. The summed E-state index contributed by atoms with van der Waals surface area (Å²) in [6.07, 6.45) is 2.94. The van der Waals surface area contributed by atoms with Gasteiger partial charge in [0.2, 0.25) is 5.13 Å². The van der Waals surface area contributed by atoms with Crippen LogP contribution in [0.1, 0.15) is 11.8 Å². The molecule has 0 aliphatic rings. The zero-order valence-corrected chi connectivity index (χ0v) is 17.2. The zero-order chi connectivity index (χ0) is 20.4. The molecule has 0 bridgehead atoms. The summed E-state index contributed by atoms with van der Waals surface area (Å²) in [6, 6.07) is 14.5. The van der Waals surface area contributed by atoms with E-state index in [1.165, 1.54) is 30.9 Å². The minimum absolute atomic E-state index is 0.0491. The minimum atomic E-state index is -4.09. The number of thiazole rings is 1. The summed E-state index contributed by atoms with van der Waals surface area (Å²) in [5.41, 5.74) is 1.58. The van der Waals surface area contributed by atoms with E-state index in [2.05, 4.69) is 4.98 Å². The molecular formula is C20H15ClN2O4S2. The van der Waals surface area contributed by atoms with Gasteiger partial charge in [-0.15, -0.1) is 11.3 Å². The molecule has 29 heavy (non-hydrogen) atoms. The minimum Gasteiger partial charge on any atom is -0.472 e. The van der Waals surface area contributed by atoms with Gasteiger partial charge in [0.25, 0.3) is 10.0 Å². The van der Waals surface area contributed by atoms with Crippen molar-refractivity contribution in [1.29, 1.82) is 0 Å². The third-order valence-corrected chi connectivity index (χ3v) is 7.14. The van der Waals surface area contributed by atoms with Crippen LogP contribution in [0.15, 0.2) is 88.0 Å². The van der Waals surface area contributed by atoms with Gasteiger partial charge in [0.1, 0.15) is 0 Å². The number of hydrogen-bond donors (Lipinski definition) is 1. The molecule has 9 heteroatoms. The Morgan fingerprint density at radius 2 is 1.93 bits per heavy atom. The van der Waals surface area contributed by atoms with Crippen LogP contribution in [0.25, 0.3) is 11.1 Å². The smallest absolute Gasteiger partial charge is 0.268 e. The van der Waals surface area contributed by atoms with E-state index in [0.29, 0.717) is 21.7 Å². The Morgan fingerprint density at radius 3 is 2.59 bits per heavy atom. The topological polar surface area (TPSA) is 83.6 Å². The van der Waals surface area contributed by atoms with E-state index in [1.807, 2.05) is 0 Å². The van der Waals surface area contributed by atoms with E-state index in [1.54, 1.807) is 47.8 Å². The normalized spacial score (nSPS) is 12.6. The Labute approximate surface area is 176 Å². The summed E-state index contributed by atoms with van der Waals surface area (Å²) < 4.78 is 32.9. The summed E-state index contributed by atoms with van der Waals surface area (Å²) in [6.45, 7) is 0. The first-order valence-corrected chi connectivity index (χ1v) is 11.2. The molecule has 0 spiro atoms. The molecule has 0 aliphatic heterocycles. The van der Waals surface area contributed by atoms with Gasteiger partial charge in [-0.3, -0.25) is 0 Å². The molecule has 1 atom stereocenters. The van der Waals surface area contributed by atoms with Crippen LogP contribution >= 0.6 is 22.9 Å². The number of hydrogen-bond acceptors (Lipinski definition) is 6. The molecule has 2 aromatic heterocycles. The predicted octanol–water partition coefficient (Wildman–Crippen LogP) is 4.94. The quantitative estimate of drug-likeness (QED) is 0.424. The lowest BCUT2D eigenvalue weighted by Crippen LogP contribution is -2.35. The maximum absolute atomic E-state index is 13.4. The number of aliphatic hydroxyl groups excluding tert-OH is 1. The number of nitrogens with zero attached hydrogens (tertiary/aromatic N) is 2. The van der Waals surface area contributed by atoms with Gasteiger partial charge in [-0.05, 0) is 35.9 Å². The first-order chi connectivity index (χ1) is 14.0. The van der Waals surface area contributed by atoms with Gasteiger partial charge in [0.15, 0.2) is 6.23 Å². The maximum atomic E-state index is 13.4. The van der Waals surface area contributed by atoms with Crippen LogP contribution in [0.2, 0.25) is 5.02 Å². The van der Waals surface area contributed by atoms with Gasteiger partial charge in [-0.25, -0.2) is 17.7 Å². The lowest BCUT2D eigenvalue weighted by molar-refractivity contribution is 0.190. The molecule has 0 aliphatic carbocycles. The number of anilines is 1. The van der Waals surface area contributed by atoms with Crippen LogP contribution in [-0.2, 0) is 10.0 Å². The van der Waals surface area contributed by atoms with Crippen molar-refractivity contribution >= 4 is 38.1 Å². The fraction of sp³-hybridized carbons (Fsp3) is 0.0500. The summed E-state index contributed by atoms with van der Waals surface area (Å²) in [5.74, 6) is 0. The summed E-state index contributed by atoms with van der Waals surface area (Å²) >= 11 is 7.26. The largest absolute Gasteiger partial charge is 0.472 e. The molecule has 1 unspecified atom stereocenters. The van der Waals surface area contributed by atoms with Crippen LogP contribution in [0.3, 0.4) is 0 Å². The van der Waals surface area contributed by atoms with Crippen molar-refractivity contribution in [3.63, 3.8) is 0 Å². The predicted molar refractivity (Wildman–Crippen MR) is 112 cm³/mol. The van der Waals surface area contributed by atoms with Crippen molar-refractivity contribution < 1.29 is 17.9 Å². The Kier molecular flexibility index (Phi) is 5.42. The molecule has 1 N–H and O–H groups in total. The van der Waals surface area contributed by atoms with E-state index in [0.717, 1.165) is 15.6 Å². The second-order valence-electron chi connectivity index (χ2n) is 6.05. The Hall–Kier alpha value is -2.65. The maximum Gasteiger partial charge on any atom is 0.268 e. The van der Waals surface area contributed by atoms with Crippen molar-refractivity contribution in [2.75, 3.05) is 4.31 Å². The van der Waals surface area contributed by atoms with Crippen LogP contribution < -0.4 is 4.31 Å². The second-order valence-corrected chi connectivity index (χ2v) is 9.17. The van der Waals surface area contributed by atoms with E-state index < -0.39 is 16.3 Å². The van der Waals surface area contributed by atoms with Crippen molar-refractivity contribution in [3.05, 3.63) is 89.3 Å². The van der Waals surface area contributed by atoms with E-state index >= 15 is 0 Å². The number of aromatic nitrogens is 1. The summed E-state index contributed by atoms with van der Waals surface area (Å²) in [7, 11) is -4.09. The van der Waals surface area contributed by atoms with Crippen molar-refractivity contribution in [3.8, 4) is 11.1 Å². The Bertz CT molecular complexity index is 1190. The SMILES string of the molecule is O=S(=O)(c1ccccc1)N(c1nccs1)C(O)c1ccc(Cl)cc1-c1ccoc1. The molecule has 148 valence electrons. The molecule has 0 saturated heterocycles. The van der Waals surface area contributed by atoms with Gasteiger partial charge < -0.3 is 9.52 Å². The number of furan rings is 1. The van der Waals surface area contributed by atoms with Crippen molar-refractivity contribution in [2.45, 2.75) is 11.1 Å². The first-order valence-electron chi connectivity index (χ1n) is 8.47. The average molecular weight is 447 g/mol. The monoisotopic (exact) mass is 446 g/mol. The van der Waals surface area contributed by atoms with Crippen LogP contribution in [0.5, 0.6) is 0 Å². The highest BCUT2D eigenvalue weighted by Gasteiger charge is 2.34. The third-order valence-electron chi connectivity index (χ3n) is 4.26. The van der Waals surface area contributed by atoms with Crippen LogP contribution in [-0.4, -0.2) is 18.5 Å². The lowest BCUT2D eigenvalue weighted by Gasteiger charge is -2.28. The average Bonchev–Trinajstić information content (AvgIpc) is 3.43. The Morgan fingerprint density at radius 1 is 1.14 bits per heavy atom. The molecular weight excluding hydrogens is 432 g/mol. The van der Waals surface area contributed by atoms with Gasteiger partial charge in [-0.1, -0.05) is 35.9 Å². The Balaban J connectivity index is 1.88. The van der Waals surface area contributed by atoms with Crippen LogP contribution in [0, 0.1) is 0 Å². The van der Waals surface area contributed by atoms with E-state index in [4.69, 9.17) is 16.0 Å². The lowest BCUT2D eigenvalue weighted by atomic mass is 10.0. The molecule has 0 radical (unpaired) electrons. The molecule has 2 heterocycles. The van der Waals surface area contributed by atoms with Gasteiger partial charge in [0.05, 0.1) is 17.4 Å². The fourth-order valence-electron chi connectivity index (χ4n) is 2.92. The number of sulfonamides is 1. The standard InChI is InChI=1S/C20H15ClN2O4S2/c21-15-6-7-17(18(12-15)14-8-10-27-13-14)19(24)23(20-22-9-11-28-20)29(25,26)16-4-2-1-3-5-16/h1-13,19,24H. The van der Waals surface area contributed by atoms with Gasteiger partial charge in [-0.2, -0.15) is 0 Å². The number of rotatable bonds is 6. The second kappa shape index (κ2) is 8.00. The zero-order valence-electron chi connectivity index (χ0n) is 14.8. The van der Waals surface area contributed by atoms with Crippen LogP contribution in [0.4, 0.5) is 5.13 Å². The molecule has 4 aromatic rings. The summed E-state index contributed by atoms with van der Waals surface area (Å²) in [4.78, 5) is 4.17. The molecule has 0 fully saturated rings. The van der Waals surface area contributed by atoms with E-state index in [9.17, 15) is 13.5 Å². The van der Waals surface area contributed by atoms with Crippen molar-refractivity contribution in [2.24, 2.45) is 0 Å². The number of benzene rings is 2. The molecule has 0 amide bonds. The molecule has 0 saturated carbocycles. The summed E-state index contributed by atoms with van der Waals surface area (Å²) in [5, 5.41) is 13.5. The van der Waals surface area contributed by atoms with Gasteiger partial charge >= 0.3 is 0 Å². The highest BCUT2D eigenvalue weighted by Crippen LogP contribution is 2.38. The number of halogens is 1. The first kappa shape index (κ1) is 19.7. The molecule has 2 aromatic carbocycles. The van der Waals surface area contributed by atoms with Crippen molar-refractivity contribution in [1.82, 2.24) is 4.98 Å². The number of aliphatic hydroxyl groups is 1.